The molecular weight excluding hydrogens is 364 g/mol. The van der Waals surface area contributed by atoms with Gasteiger partial charge in [-0.05, 0) is 111 Å². The predicted octanol–water partition coefficient (Wildman–Crippen LogP) is 8.17. The Bertz CT molecular complexity index is 647. The number of allylic oxidation sites excluding steroid dienone is 2. The molecule has 0 aromatic rings. The lowest BCUT2D eigenvalue weighted by Crippen LogP contribution is -2.45. The molecule has 4 aliphatic carbocycles. The summed E-state index contributed by atoms with van der Waals surface area (Å²) in [6.45, 7) is 15.1. The fourth-order valence-corrected chi connectivity index (χ4v) is 9.10. The van der Waals surface area contributed by atoms with Gasteiger partial charge in [0.2, 0.25) is 0 Å². The van der Waals surface area contributed by atoms with Crippen molar-refractivity contribution in [3.05, 3.63) is 11.1 Å². The summed E-state index contributed by atoms with van der Waals surface area (Å²) in [4.78, 5) is 0. The molecule has 2 fully saturated rings. The third-order valence-electron chi connectivity index (χ3n) is 11.2. The SMILES string of the molecule is CCC(CCC(C)C1CCC2C3=C(CCC21C)C1(C)CC[C@H](O)C[C@@H]1CC3)C(C)C. The van der Waals surface area contributed by atoms with Crippen LogP contribution in [0.5, 0.6) is 0 Å². The molecule has 1 N–H and O–H groups in total. The zero-order chi connectivity index (χ0) is 21.7. The van der Waals surface area contributed by atoms with Crippen LogP contribution in [0.2, 0.25) is 0 Å². The molecule has 0 aliphatic heterocycles. The molecule has 1 nitrogen and oxygen atoms in total. The zero-order valence-electron chi connectivity index (χ0n) is 21.0. The second-order valence-electron chi connectivity index (χ2n) is 12.8. The predicted molar refractivity (Wildman–Crippen MR) is 128 cm³/mol. The molecule has 0 bridgehead atoms. The first-order valence-corrected chi connectivity index (χ1v) is 13.6. The Morgan fingerprint density at radius 1 is 0.967 bits per heavy atom. The minimum atomic E-state index is -0.0337. The molecule has 0 saturated heterocycles. The largest absolute Gasteiger partial charge is 0.393 e. The molecule has 0 aromatic carbocycles. The monoisotopic (exact) mass is 414 g/mol. The van der Waals surface area contributed by atoms with Crippen molar-refractivity contribution in [3.63, 3.8) is 0 Å². The third kappa shape index (κ3) is 3.74. The molecule has 1 heteroatoms. The Balaban J connectivity index is 1.50. The van der Waals surface area contributed by atoms with E-state index < -0.39 is 0 Å². The van der Waals surface area contributed by atoms with Crippen molar-refractivity contribution in [2.24, 2.45) is 46.3 Å². The van der Waals surface area contributed by atoms with Crippen LogP contribution in [0.15, 0.2) is 11.1 Å². The first kappa shape index (κ1) is 22.9. The highest BCUT2D eigenvalue weighted by atomic mass is 16.3. The zero-order valence-corrected chi connectivity index (χ0v) is 21.0. The molecule has 0 aromatic heterocycles. The van der Waals surface area contributed by atoms with Crippen molar-refractivity contribution < 1.29 is 5.11 Å². The molecule has 6 unspecified atom stereocenters. The number of hydrogen-bond donors (Lipinski definition) is 1. The van der Waals surface area contributed by atoms with Gasteiger partial charge in [-0.15, -0.1) is 0 Å². The molecule has 0 amide bonds. The van der Waals surface area contributed by atoms with E-state index >= 15 is 0 Å². The van der Waals surface area contributed by atoms with E-state index in [-0.39, 0.29) is 6.10 Å². The van der Waals surface area contributed by atoms with Gasteiger partial charge in [0.05, 0.1) is 6.10 Å². The van der Waals surface area contributed by atoms with E-state index in [9.17, 15) is 5.11 Å². The average Bonchev–Trinajstić information content (AvgIpc) is 3.06. The van der Waals surface area contributed by atoms with Gasteiger partial charge in [-0.25, -0.2) is 0 Å². The fraction of sp³-hybridized carbons (Fsp3) is 0.931. The lowest BCUT2D eigenvalue weighted by Gasteiger charge is -2.55. The summed E-state index contributed by atoms with van der Waals surface area (Å²) < 4.78 is 0. The lowest BCUT2D eigenvalue weighted by atomic mass is 9.50. The molecule has 172 valence electrons. The van der Waals surface area contributed by atoms with Crippen molar-refractivity contribution >= 4 is 0 Å². The summed E-state index contributed by atoms with van der Waals surface area (Å²) in [5, 5.41) is 10.3. The molecule has 4 aliphatic rings. The van der Waals surface area contributed by atoms with Gasteiger partial charge in [-0.2, -0.15) is 0 Å². The first-order valence-electron chi connectivity index (χ1n) is 13.6. The number of aliphatic hydroxyl groups excluding tert-OH is 1. The van der Waals surface area contributed by atoms with Crippen LogP contribution in [0, 0.1) is 46.3 Å². The average molecular weight is 415 g/mol. The third-order valence-corrected chi connectivity index (χ3v) is 11.2. The van der Waals surface area contributed by atoms with E-state index in [1.54, 1.807) is 0 Å². The van der Waals surface area contributed by atoms with Crippen LogP contribution in [-0.2, 0) is 0 Å². The number of hydrogen-bond acceptors (Lipinski definition) is 1. The smallest absolute Gasteiger partial charge is 0.0543 e. The van der Waals surface area contributed by atoms with Crippen molar-refractivity contribution in [3.8, 4) is 0 Å². The van der Waals surface area contributed by atoms with Crippen LogP contribution in [0.3, 0.4) is 0 Å². The number of fused-ring (bicyclic) bond motifs is 4. The second kappa shape index (κ2) is 8.57. The van der Waals surface area contributed by atoms with E-state index in [1.165, 1.54) is 64.2 Å². The van der Waals surface area contributed by atoms with Gasteiger partial charge in [0.15, 0.2) is 0 Å². The van der Waals surface area contributed by atoms with Crippen molar-refractivity contribution in [2.45, 2.75) is 125 Å². The van der Waals surface area contributed by atoms with Crippen LogP contribution < -0.4 is 0 Å². The molecular formula is C29H50O. The van der Waals surface area contributed by atoms with E-state index in [0.717, 1.165) is 48.3 Å². The standard InChI is InChI=1S/C29H50O/c1-7-21(19(2)3)9-8-20(4)25-12-13-26-24-11-10-22-18-23(30)14-16-28(22,5)27(24)15-17-29(25,26)6/h19-23,25-26,30H,7-18H2,1-6H3/t20?,21?,22-,23-,25?,26?,28?,29?/m0/s1. The van der Waals surface area contributed by atoms with Gasteiger partial charge in [-0.3, -0.25) is 0 Å². The Hall–Kier alpha value is -0.300. The highest BCUT2D eigenvalue weighted by molar-refractivity contribution is 5.34. The summed E-state index contributed by atoms with van der Waals surface area (Å²) in [5.41, 5.74) is 4.76. The van der Waals surface area contributed by atoms with Gasteiger partial charge >= 0.3 is 0 Å². The minimum Gasteiger partial charge on any atom is -0.393 e. The van der Waals surface area contributed by atoms with E-state index in [0.29, 0.717) is 10.8 Å². The van der Waals surface area contributed by atoms with Gasteiger partial charge in [0.1, 0.15) is 0 Å². The molecule has 2 saturated carbocycles. The van der Waals surface area contributed by atoms with Crippen LogP contribution >= 0.6 is 0 Å². The molecule has 30 heavy (non-hydrogen) atoms. The molecule has 4 rings (SSSR count). The summed E-state index contributed by atoms with van der Waals surface area (Å²) in [5.74, 6) is 5.16. The molecule has 8 atom stereocenters. The van der Waals surface area contributed by atoms with Crippen LogP contribution in [-0.4, -0.2) is 11.2 Å². The van der Waals surface area contributed by atoms with Gasteiger partial charge in [0, 0.05) is 0 Å². The minimum absolute atomic E-state index is 0.0337. The van der Waals surface area contributed by atoms with Crippen LogP contribution in [0.1, 0.15) is 119 Å². The quantitative estimate of drug-likeness (QED) is 0.434. The van der Waals surface area contributed by atoms with Crippen molar-refractivity contribution in [1.82, 2.24) is 0 Å². The summed E-state index contributed by atoms with van der Waals surface area (Å²) in [7, 11) is 0. The molecule has 0 heterocycles. The van der Waals surface area contributed by atoms with Crippen molar-refractivity contribution in [1.29, 1.82) is 0 Å². The summed E-state index contributed by atoms with van der Waals surface area (Å²) in [6.07, 6.45) is 15.9. The van der Waals surface area contributed by atoms with Gasteiger partial charge in [0.25, 0.3) is 0 Å². The van der Waals surface area contributed by atoms with Crippen LogP contribution in [0.25, 0.3) is 0 Å². The highest BCUT2D eigenvalue weighted by Crippen LogP contribution is 2.66. The second-order valence-corrected chi connectivity index (χ2v) is 12.8. The highest BCUT2D eigenvalue weighted by Gasteiger charge is 2.55. The Morgan fingerprint density at radius 2 is 1.73 bits per heavy atom. The molecule has 0 spiro atoms. The topological polar surface area (TPSA) is 20.2 Å². The van der Waals surface area contributed by atoms with E-state index in [2.05, 4.69) is 41.5 Å². The maximum Gasteiger partial charge on any atom is 0.0543 e. The Kier molecular flexibility index (Phi) is 6.53. The summed E-state index contributed by atoms with van der Waals surface area (Å²) in [6, 6.07) is 0. The van der Waals surface area contributed by atoms with Crippen LogP contribution in [0.4, 0.5) is 0 Å². The van der Waals surface area contributed by atoms with Gasteiger partial charge < -0.3 is 5.11 Å². The summed E-state index contributed by atoms with van der Waals surface area (Å²) >= 11 is 0. The van der Waals surface area contributed by atoms with Crippen molar-refractivity contribution in [2.75, 3.05) is 0 Å². The van der Waals surface area contributed by atoms with E-state index in [1.807, 2.05) is 11.1 Å². The molecule has 0 radical (unpaired) electrons. The Morgan fingerprint density at radius 3 is 2.43 bits per heavy atom. The lowest BCUT2D eigenvalue weighted by molar-refractivity contribution is 0.0131. The first-order chi connectivity index (χ1) is 14.2. The maximum absolute atomic E-state index is 10.3. The maximum atomic E-state index is 10.3. The number of aliphatic hydroxyl groups is 1. The fourth-order valence-electron chi connectivity index (χ4n) is 9.10. The number of rotatable bonds is 6. The Labute approximate surface area is 187 Å². The van der Waals surface area contributed by atoms with Gasteiger partial charge in [-0.1, -0.05) is 65.5 Å². The van der Waals surface area contributed by atoms with E-state index in [4.69, 9.17) is 0 Å². The normalized spacial score (nSPS) is 43.2.